The van der Waals surface area contributed by atoms with Crippen LogP contribution in [0.5, 0.6) is 0 Å². The average Bonchev–Trinajstić information content (AvgIpc) is 2.91. The Kier molecular flexibility index (Phi) is 6.39. The van der Waals surface area contributed by atoms with Gasteiger partial charge in [-0.05, 0) is 32.9 Å². The van der Waals surface area contributed by atoms with E-state index in [2.05, 4.69) is 34.2 Å². The summed E-state index contributed by atoms with van der Waals surface area (Å²) in [5.41, 5.74) is 1.15. The molecule has 1 amide bonds. The van der Waals surface area contributed by atoms with Gasteiger partial charge in [-0.3, -0.25) is 14.4 Å². The molecular weight excluding hydrogens is 278 g/mol. The number of aryl methyl sites for hydroxylation is 1. The van der Waals surface area contributed by atoms with Crippen molar-refractivity contribution in [1.82, 2.24) is 24.9 Å². The van der Waals surface area contributed by atoms with Crippen LogP contribution in [0.3, 0.4) is 0 Å². The molecule has 2 heterocycles. The molecule has 22 heavy (non-hydrogen) atoms. The number of likely N-dealkylation sites (N-methyl/N-ethyl adjacent to an activating group) is 1. The molecule has 1 N–H and O–H groups in total. The molecule has 0 saturated carbocycles. The number of hydrogen-bond donors (Lipinski definition) is 1. The van der Waals surface area contributed by atoms with Gasteiger partial charge in [0.1, 0.15) is 0 Å². The summed E-state index contributed by atoms with van der Waals surface area (Å²) in [4.78, 5) is 16.8. The van der Waals surface area contributed by atoms with Crippen molar-refractivity contribution < 1.29 is 4.79 Å². The molecule has 1 aliphatic heterocycles. The molecular formula is C16H29N5O. The van der Waals surface area contributed by atoms with E-state index in [4.69, 9.17) is 0 Å². The maximum absolute atomic E-state index is 11.9. The second kappa shape index (κ2) is 8.29. The topological polar surface area (TPSA) is 53.4 Å². The molecule has 1 fully saturated rings. The van der Waals surface area contributed by atoms with E-state index in [-0.39, 0.29) is 5.91 Å². The number of carbonyl (C=O) groups is 1. The van der Waals surface area contributed by atoms with Crippen LogP contribution in [0.2, 0.25) is 0 Å². The lowest BCUT2D eigenvalue weighted by Gasteiger charge is -2.36. The summed E-state index contributed by atoms with van der Waals surface area (Å²) in [5.74, 6) is 0.143. The molecule has 1 aromatic rings. The van der Waals surface area contributed by atoms with Gasteiger partial charge in [0.2, 0.25) is 5.91 Å². The predicted molar refractivity (Wildman–Crippen MR) is 87.7 cm³/mol. The number of carbonyl (C=O) groups excluding carboxylic acids is 1. The van der Waals surface area contributed by atoms with Crippen LogP contribution in [0.1, 0.15) is 25.3 Å². The van der Waals surface area contributed by atoms with Crippen molar-refractivity contribution in [1.29, 1.82) is 0 Å². The normalized spacial score (nSPS) is 18.3. The fourth-order valence-electron chi connectivity index (χ4n) is 2.77. The van der Waals surface area contributed by atoms with Gasteiger partial charge >= 0.3 is 0 Å². The first-order chi connectivity index (χ1) is 10.5. The smallest absolute Gasteiger partial charge is 0.220 e. The SMILES string of the molecule is Cc1cnn(CCNC(=O)CC[C@@H](C)N2CCN(C)CC2)c1. The fraction of sp³-hybridized carbons (Fsp3) is 0.750. The van der Waals surface area contributed by atoms with Gasteiger partial charge in [-0.25, -0.2) is 0 Å². The summed E-state index contributed by atoms with van der Waals surface area (Å²) in [7, 11) is 2.16. The average molecular weight is 307 g/mol. The maximum Gasteiger partial charge on any atom is 0.220 e. The van der Waals surface area contributed by atoms with Crippen molar-refractivity contribution in [2.45, 2.75) is 39.3 Å². The highest BCUT2D eigenvalue weighted by molar-refractivity contribution is 5.75. The third kappa shape index (κ3) is 5.42. The molecule has 1 saturated heterocycles. The highest BCUT2D eigenvalue weighted by atomic mass is 16.1. The van der Waals surface area contributed by atoms with Gasteiger partial charge in [0, 0.05) is 51.4 Å². The highest BCUT2D eigenvalue weighted by Gasteiger charge is 2.19. The number of nitrogens with one attached hydrogen (secondary N) is 1. The number of rotatable bonds is 7. The Morgan fingerprint density at radius 1 is 1.36 bits per heavy atom. The summed E-state index contributed by atoms with van der Waals surface area (Å²) < 4.78 is 1.86. The summed E-state index contributed by atoms with van der Waals surface area (Å²) in [6, 6.07) is 0.480. The number of amides is 1. The van der Waals surface area contributed by atoms with Crippen molar-refractivity contribution in [3.8, 4) is 0 Å². The van der Waals surface area contributed by atoms with Crippen molar-refractivity contribution in [3.63, 3.8) is 0 Å². The lowest BCUT2D eigenvalue weighted by atomic mass is 10.1. The van der Waals surface area contributed by atoms with Crippen molar-refractivity contribution in [2.75, 3.05) is 39.8 Å². The third-order valence-corrected chi connectivity index (χ3v) is 4.38. The van der Waals surface area contributed by atoms with Gasteiger partial charge in [-0.15, -0.1) is 0 Å². The second-order valence-electron chi connectivity index (χ2n) is 6.36. The third-order valence-electron chi connectivity index (χ3n) is 4.38. The largest absolute Gasteiger partial charge is 0.354 e. The van der Waals surface area contributed by atoms with E-state index in [1.807, 2.05) is 24.0 Å². The molecule has 6 nitrogen and oxygen atoms in total. The van der Waals surface area contributed by atoms with E-state index >= 15 is 0 Å². The molecule has 0 unspecified atom stereocenters. The van der Waals surface area contributed by atoms with Gasteiger partial charge in [-0.1, -0.05) is 0 Å². The lowest BCUT2D eigenvalue weighted by Crippen LogP contribution is -2.48. The summed E-state index contributed by atoms with van der Waals surface area (Å²) in [5, 5.41) is 7.19. The summed E-state index contributed by atoms with van der Waals surface area (Å²) in [6.07, 6.45) is 5.35. The molecule has 0 radical (unpaired) electrons. The minimum absolute atomic E-state index is 0.143. The zero-order chi connectivity index (χ0) is 15.9. The van der Waals surface area contributed by atoms with Crippen LogP contribution in [-0.4, -0.2) is 71.3 Å². The second-order valence-corrected chi connectivity index (χ2v) is 6.36. The summed E-state index contributed by atoms with van der Waals surface area (Å²) >= 11 is 0. The van der Waals surface area contributed by atoms with Gasteiger partial charge < -0.3 is 10.2 Å². The van der Waals surface area contributed by atoms with Crippen LogP contribution in [0.4, 0.5) is 0 Å². The van der Waals surface area contributed by atoms with E-state index in [1.165, 1.54) is 0 Å². The molecule has 124 valence electrons. The molecule has 0 spiro atoms. The Morgan fingerprint density at radius 3 is 2.73 bits per heavy atom. The zero-order valence-corrected chi connectivity index (χ0v) is 14.1. The number of hydrogen-bond acceptors (Lipinski definition) is 4. The number of nitrogens with zero attached hydrogens (tertiary/aromatic N) is 4. The fourth-order valence-corrected chi connectivity index (χ4v) is 2.77. The molecule has 1 aromatic heterocycles. The highest BCUT2D eigenvalue weighted by Crippen LogP contribution is 2.09. The standard InChI is InChI=1S/C16H29N5O/c1-14-12-18-21(13-14)7-6-17-16(22)5-4-15(2)20-10-8-19(3)9-11-20/h12-13,15H,4-11H2,1-3H3,(H,17,22)/t15-/m1/s1. The van der Waals surface area contributed by atoms with E-state index in [0.29, 0.717) is 19.0 Å². The predicted octanol–water partition coefficient (Wildman–Crippen LogP) is 0.724. The summed E-state index contributed by atoms with van der Waals surface area (Å²) in [6.45, 7) is 10.1. The minimum atomic E-state index is 0.143. The van der Waals surface area contributed by atoms with Gasteiger partial charge in [-0.2, -0.15) is 5.10 Å². The first-order valence-electron chi connectivity index (χ1n) is 8.23. The first-order valence-corrected chi connectivity index (χ1v) is 8.23. The number of aromatic nitrogens is 2. The Morgan fingerprint density at radius 2 is 2.09 bits per heavy atom. The zero-order valence-electron chi connectivity index (χ0n) is 14.1. The molecule has 0 aliphatic carbocycles. The molecule has 1 atom stereocenters. The molecule has 0 bridgehead atoms. The molecule has 6 heteroatoms. The Bertz CT molecular complexity index is 465. The Hall–Kier alpha value is -1.40. The van der Waals surface area contributed by atoms with Crippen LogP contribution in [0.25, 0.3) is 0 Å². The van der Waals surface area contributed by atoms with Gasteiger partial charge in [0.25, 0.3) is 0 Å². The van der Waals surface area contributed by atoms with Crippen LogP contribution >= 0.6 is 0 Å². The van der Waals surface area contributed by atoms with E-state index in [0.717, 1.165) is 44.7 Å². The quantitative estimate of drug-likeness (QED) is 0.807. The first kappa shape index (κ1) is 17.0. The Balaban J connectivity index is 1.58. The minimum Gasteiger partial charge on any atom is -0.354 e. The number of piperazine rings is 1. The maximum atomic E-state index is 11.9. The molecule has 1 aliphatic rings. The van der Waals surface area contributed by atoms with Crippen molar-refractivity contribution >= 4 is 5.91 Å². The molecule has 2 rings (SSSR count). The van der Waals surface area contributed by atoms with Crippen LogP contribution in [0.15, 0.2) is 12.4 Å². The van der Waals surface area contributed by atoms with Gasteiger partial charge in [0.15, 0.2) is 0 Å². The van der Waals surface area contributed by atoms with E-state index in [1.54, 1.807) is 0 Å². The van der Waals surface area contributed by atoms with Crippen LogP contribution < -0.4 is 5.32 Å². The van der Waals surface area contributed by atoms with Crippen LogP contribution in [0, 0.1) is 6.92 Å². The van der Waals surface area contributed by atoms with E-state index < -0.39 is 0 Å². The van der Waals surface area contributed by atoms with Crippen molar-refractivity contribution in [2.24, 2.45) is 0 Å². The van der Waals surface area contributed by atoms with E-state index in [9.17, 15) is 4.79 Å². The Labute approximate surface area is 133 Å². The monoisotopic (exact) mass is 307 g/mol. The van der Waals surface area contributed by atoms with Crippen molar-refractivity contribution in [3.05, 3.63) is 18.0 Å². The van der Waals surface area contributed by atoms with Crippen LogP contribution in [-0.2, 0) is 11.3 Å². The van der Waals surface area contributed by atoms with Gasteiger partial charge in [0.05, 0.1) is 12.7 Å². The lowest BCUT2D eigenvalue weighted by molar-refractivity contribution is -0.121. The molecule has 0 aromatic carbocycles.